The minimum atomic E-state index is -0.738. The first kappa shape index (κ1) is 18.6. The quantitative estimate of drug-likeness (QED) is 0.532. The number of aliphatic carboxylic acids is 1. The summed E-state index contributed by atoms with van der Waals surface area (Å²) in [4.78, 5) is 14.9. The zero-order valence-electron chi connectivity index (χ0n) is 15.1. The van der Waals surface area contributed by atoms with E-state index in [9.17, 15) is 4.79 Å². The third-order valence-electron chi connectivity index (χ3n) is 4.27. The van der Waals surface area contributed by atoms with Crippen LogP contribution in [0.3, 0.4) is 0 Å². The van der Waals surface area contributed by atoms with Crippen molar-refractivity contribution < 1.29 is 14.6 Å². The minimum Gasteiger partial charge on any atom is -0.492 e. The van der Waals surface area contributed by atoms with Crippen LogP contribution in [0.1, 0.15) is 30.4 Å². The number of pyridine rings is 1. The molecule has 0 radical (unpaired) electrons. The number of aryl methyl sites for hydroxylation is 2. The van der Waals surface area contributed by atoms with Gasteiger partial charge in [0.25, 0.3) is 0 Å². The summed E-state index contributed by atoms with van der Waals surface area (Å²) in [5.41, 5.74) is 4.16. The maximum absolute atomic E-state index is 10.5. The number of carboxylic acid groups (broad SMARTS) is 1. The number of carboxylic acids is 1. The number of aromatic amines is 1. The van der Waals surface area contributed by atoms with Crippen molar-refractivity contribution in [3.8, 4) is 17.1 Å². The SMILES string of the molecule is O=C(O)CCCc1ccc(CCCOc2ccc(-c3ccn[nH]3)nc2)cc1. The highest BCUT2D eigenvalue weighted by molar-refractivity contribution is 5.66. The van der Waals surface area contributed by atoms with E-state index in [4.69, 9.17) is 9.84 Å². The molecule has 0 aliphatic heterocycles. The Balaban J connectivity index is 1.38. The van der Waals surface area contributed by atoms with Gasteiger partial charge in [-0.15, -0.1) is 0 Å². The van der Waals surface area contributed by atoms with Crippen LogP contribution < -0.4 is 4.74 Å². The van der Waals surface area contributed by atoms with E-state index in [-0.39, 0.29) is 6.42 Å². The fourth-order valence-electron chi connectivity index (χ4n) is 2.81. The second-order valence-corrected chi connectivity index (χ2v) is 6.37. The highest BCUT2D eigenvalue weighted by Gasteiger charge is 2.02. The molecule has 3 aromatic rings. The Morgan fingerprint density at radius 3 is 2.33 bits per heavy atom. The van der Waals surface area contributed by atoms with Crippen molar-refractivity contribution in [3.63, 3.8) is 0 Å². The highest BCUT2D eigenvalue weighted by atomic mass is 16.5. The van der Waals surface area contributed by atoms with Crippen LogP contribution in [0.15, 0.2) is 54.9 Å². The largest absolute Gasteiger partial charge is 0.492 e. The lowest BCUT2D eigenvalue weighted by molar-refractivity contribution is -0.137. The molecule has 0 fully saturated rings. The van der Waals surface area contributed by atoms with E-state index in [0.717, 1.165) is 36.4 Å². The molecule has 27 heavy (non-hydrogen) atoms. The Hall–Kier alpha value is -3.15. The second kappa shape index (κ2) is 9.52. The number of hydrogen-bond donors (Lipinski definition) is 2. The molecule has 0 unspecified atom stereocenters. The summed E-state index contributed by atoms with van der Waals surface area (Å²) in [6.07, 6.45) is 6.98. The zero-order valence-corrected chi connectivity index (χ0v) is 15.1. The van der Waals surface area contributed by atoms with E-state index >= 15 is 0 Å². The van der Waals surface area contributed by atoms with Crippen molar-refractivity contribution >= 4 is 5.97 Å². The number of hydrogen-bond acceptors (Lipinski definition) is 4. The van der Waals surface area contributed by atoms with Gasteiger partial charge in [0.2, 0.25) is 0 Å². The monoisotopic (exact) mass is 365 g/mol. The Labute approximate surface area is 158 Å². The van der Waals surface area contributed by atoms with Gasteiger partial charge in [-0.1, -0.05) is 24.3 Å². The van der Waals surface area contributed by atoms with Crippen molar-refractivity contribution in [2.24, 2.45) is 0 Å². The van der Waals surface area contributed by atoms with Gasteiger partial charge < -0.3 is 9.84 Å². The summed E-state index contributed by atoms with van der Waals surface area (Å²) in [5.74, 6) is 0.0183. The van der Waals surface area contributed by atoms with Crippen molar-refractivity contribution in [1.82, 2.24) is 15.2 Å². The first-order chi connectivity index (χ1) is 13.2. The Kier molecular flexibility index (Phi) is 6.57. The average molecular weight is 365 g/mol. The Morgan fingerprint density at radius 1 is 1.00 bits per heavy atom. The molecular weight excluding hydrogens is 342 g/mol. The summed E-state index contributed by atoms with van der Waals surface area (Å²) in [6.45, 7) is 0.630. The first-order valence-corrected chi connectivity index (χ1v) is 9.09. The molecule has 140 valence electrons. The molecule has 0 aliphatic carbocycles. The Morgan fingerprint density at radius 2 is 1.74 bits per heavy atom. The number of rotatable bonds is 10. The number of nitrogens with zero attached hydrogens (tertiary/aromatic N) is 2. The molecule has 0 spiro atoms. The van der Waals surface area contributed by atoms with E-state index < -0.39 is 5.97 Å². The van der Waals surface area contributed by atoms with E-state index in [1.807, 2.05) is 18.2 Å². The average Bonchev–Trinajstić information content (AvgIpc) is 3.21. The zero-order chi connectivity index (χ0) is 18.9. The third-order valence-corrected chi connectivity index (χ3v) is 4.27. The van der Waals surface area contributed by atoms with E-state index in [1.165, 1.54) is 11.1 Å². The van der Waals surface area contributed by atoms with Crippen LogP contribution in [0.2, 0.25) is 0 Å². The van der Waals surface area contributed by atoms with Crippen LogP contribution in [0.4, 0.5) is 0 Å². The topological polar surface area (TPSA) is 88.1 Å². The van der Waals surface area contributed by atoms with Crippen molar-refractivity contribution in [2.45, 2.75) is 32.1 Å². The van der Waals surface area contributed by atoms with Crippen LogP contribution in [0, 0.1) is 0 Å². The molecule has 0 amide bonds. The molecule has 2 aromatic heterocycles. The van der Waals surface area contributed by atoms with Gasteiger partial charge in [0.1, 0.15) is 5.75 Å². The molecule has 6 heteroatoms. The van der Waals surface area contributed by atoms with E-state index in [2.05, 4.69) is 39.4 Å². The van der Waals surface area contributed by atoms with Gasteiger partial charge in [-0.3, -0.25) is 14.9 Å². The van der Waals surface area contributed by atoms with Gasteiger partial charge in [0.15, 0.2) is 0 Å². The van der Waals surface area contributed by atoms with Gasteiger partial charge in [0, 0.05) is 12.6 Å². The van der Waals surface area contributed by atoms with Crippen molar-refractivity contribution in [1.29, 1.82) is 0 Å². The Bertz CT molecular complexity index is 828. The highest BCUT2D eigenvalue weighted by Crippen LogP contribution is 2.17. The molecule has 0 bridgehead atoms. The number of H-pyrrole nitrogens is 1. The number of benzene rings is 1. The van der Waals surface area contributed by atoms with Crippen LogP contribution in [-0.2, 0) is 17.6 Å². The fourth-order valence-corrected chi connectivity index (χ4v) is 2.81. The van der Waals surface area contributed by atoms with Gasteiger partial charge in [0.05, 0.1) is 24.2 Å². The van der Waals surface area contributed by atoms with E-state index in [0.29, 0.717) is 13.0 Å². The lowest BCUT2D eigenvalue weighted by Gasteiger charge is -2.07. The predicted octanol–water partition coefficient (Wildman–Crippen LogP) is 3.89. The standard InChI is InChI=1S/C21H23N3O3/c25-21(26)5-1-3-16-6-8-17(9-7-16)4-2-14-27-18-10-11-19(22-15-18)20-12-13-23-24-20/h6-13,15H,1-5,14H2,(H,23,24)(H,25,26). The minimum absolute atomic E-state index is 0.219. The summed E-state index contributed by atoms with van der Waals surface area (Å²) >= 11 is 0. The molecule has 3 rings (SSSR count). The smallest absolute Gasteiger partial charge is 0.303 e. The molecule has 0 atom stereocenters. The van der Waals surface area contributed by atoms with Crippen LogP contribution in [0.25, 0.3) is 11.4 Å². The summed E-state index contributed by atoms with van der Waals surface area (Å²) < 4.78 is 5.76. The second-order valence-electron chi connectivity index (χ2n) is 6.37. The van der Waals surface area contributed by atoms with Gasteiger partial charge in [-0.25, -0.2) is 0 Å². The maximum atomic E-state index is 10.5. The normalized spacial score (nSPS) is 10.7. The molecule has 0 saturated heterocycles. The predicted molar refractivity (Wildman–Crippen MR) is 103 cm³/mol. The molecule has 0 saturated carbocycles. The van der Waals surface area contributed by atoms with Crippen LogP contribution in [-0.4, -0.2) is 32.9 Å². The summed E-state index contributed by atoms with van der Waals surface area (Å²) in [7, 11) is 0. The molecule has 2 heterocycles. The molecular formula is C21H23N3O3. The van der Waals surface area contributed by atoms with Crippen LogP contribution in [0.5, 0.6) is 5.75 Å². The first-order valence-electron chi connectivity index (χ1n) is 9.09. The van der Waals surface area contributed by atoms with E-state index in [1.54, 1.807) is 12.4 Å². The fraction of sp³-hybridized carbons (Fsp3) is 0.286. The lowest BCUT2D eigenvalue weighted by Crippen LogP contribution is -2.00. The molecule has 2 N–H and O–H groups in total. The number of ether oxygens (including phenoxy) is 1. The van der Waals surface area contributed by atoms with Crippen molar-refractivity contribution in [2.75, 3.05) is 6.61 Å². The number of nitrogens with one attached hydrogen (secondary N) is 1. The van der Waals surface area contributed by atoms with Gasteiger partial charge >= 0.3 is 5.97 Å². The van der Waals surface area contributed by atoms with Crippen molar-refractivity contribution in [3.05, 3.63) is 66.0 Å². The molecule has 1 aromatic carbocycles. The summed E-state index contributed by atoms with van der Waals surface area (Å²) in [6, 6.07) is 14.1. The molecule has 6 nitrogen and oxygen atoms in total. The number of aromatic nitrogens is 3. The number of carbonyl (C=O) groups is 1. The third kappa shape index (κ3) is 5.95. The summed E-state index contributed by atoms with van der Waals surface area (Å²) in [5, 5.41) is 15.5. The molecule has 0 aliphatic rings. The maximum Gasteiger partial charge on any atom is 0.303 e. The van der Waals surface area contributed by atoms with Crippen LogP contribution >= 0.6 is 0 Å². The lowest BCUT2D eigenvalue weighted by atomic mass is 10.0. The van der Waals surface area contributed by atoms with Gasteiger partial charge in [-0.2, -0.15) is 5.10 Å². The van der Waals surface area contributed by atoms with Gasteiger partial charge in [-0.05, 0) is 55.0 Å².